The number of sulfonamides is 1. The lowest BCUT2D eigenvalue weighted by Crippen LogP contribution is -2.33. The Morgan fingerprint density at radius 2 is 1.79 bits per heavy atom. The Morgan fingerprint density at radius 3 is 2.32 bits per heavy atom. The van der Waals surface area contributed by atoms with Crippen LogP contribution in [0.15, 0.2) is 47.4 Å². The first-order valence-electron chi connectivity index (χ1n) is 8.46. The van der Waals surface area contributed by atoms with Crippen LogP contribution >= 0.6 is 11.6 Å². The van der Waals surface area contributed by atoms with Crippen molar-refractivity contribution in [3.63, 3.8) is 0 Å². The Bertz CT molecular complexity index is 999. The van der Waals surface area contributed by atoms with E-state index >= 15 is 0 Å². The lowest BCUT2D eigenvalue weighted by Gasteiger charge is -2.21. The van der Waals surface area contributed by atoms with Crippen molar-refractivity contribution in [3.8, 4) is 6.07 Å². The monoisotopic (exact) mass is 420 g/mol. The summed E-state index contributed by atoms with van der Waals surface area (Å²) in [7, 11) is -2.01. The molecule has 0 spiro atoms. The van der Waals surface area contributed by atoms with Gasteiger partial charge < -0.3 is 10.6 Å². The van der Waals surface area contributed by atoms with E-state index in [-0.39, 0.29) is 28.4 Å². The molecule has 2 aromatic rings. The second-order valence-electron chi connectivity index (χ2n) is 6.35. The van der Waals surface area contributed by atoms with Gasteiger partial charge in [-0.1, -0.05) is 11.6 Å². The summed E-state index contributed by atoms with van der Waals surface area (Å²) in [5, 5.41) is 14.7. The van der Waals surface area contributed by atoms with E-state index in [2.05, 4.69) is 10.6 Å². The van der Waals surface area contributed by atoms with Crippen molar-refractivity contribution in [2.45, 2.75) is 24.8 Å². The Hall–Kier alpha value is -2.60. The van der Waals surface area contributed by atoms with Gasteiger partial charge in [-0.25, -0.2) is 8.42 Å². The molecule has 0 atom stereocenters. The fraction of sp³-hybridized carbons (Fsp3) is 0.263. The van der Waals surface area contributed by atoms with E-state index in [1.54, 1.807) is 32.0 Å². The van der Waals surface area contributed by atoms with Crippen molar-refractivity contribution in [2.75, 3.05) is 24.2 Å². The molecule has 2 aromatic carbocycles. The van der Waals surface area contributed by atoms with Gasteiger partial charge in [0.25, 0.3) is 0 Å². The lowest BCUT2D eigenvalue weighted by atomic mass is 10.2. The van der Waals surface area contributed by atoms with E-state index in [1.165, 1.54) is 35.6 Å². The molecule has 0 saturated heterocycles. The molecule has 9 heteroatoms. The van der Waals surface area contributed by atoms with Crippen LogP contribution in [0.3, 0.4) is 0 Å². The topological polar surface area (TPSA) is 102 Å². The molecule has 0 saturated carbocycles. The molecule has 0 fully saturated rings. The molecule has 0 unspecified atom stereocenters. The molecule has 0 aliphatic heterocycles. The van der Waals surface area contributed by atoms with Gasteiger partial charge in [0.05, 0.1) is 22.0 Å². The normalized spacial score (nSPS) is 11.3. The molecule has 0 heterocycles. The number of nitrogens with zero attached hydrogens (tertiary/aromatic N) is 2. The van der Waals surface area contributed by atoms with Crippen LogP contribution in [0, 0.1) is 11.3 Å². The van der Waals surface area contributed by atoms with Crippen molar-refractivity contribution in [2.24, 2.45) is 0 Å². The third-order valence-corrected chi connectivity index (χ3v) is 6.45. The van der Waals surface area contributed by atoms with E-state index in [9.17, 15) is 13.2 Å². The Labute approximate surface area is 170 Å². The third-order valence-electron chi connectivity index (χ3n) is 4.08. The lowest BCUT2D eigenvalue weighted by molar-refractivity contribution is -0.114. The van der Waals surface area contributed by atoms with Crippen LogP contribution in [0.2, 0.25) is 5.02 Å². The first-order chi connectivity index (χ1) is 13.1. The largest absolute Gasteiger partial charge is 0.376 e. The minimum absolute atomic E-state index is 0.0182. The number of hydrogen-bond donors (Lipinski definition) is 2. The van der Waals surface area contributed by atoms with Gasteiger partial charge in [-0.05, 0) is 56.3 Å². The van der Waals surface area contributed by atoms with Crippen LogP contribution in [0.1, 0.15) is 19.4 Å². The Kier molecular flexibility index (Phi) is 7.02. The number of nitriles is 1. The van der Waals surface area contributed by atoms with Gasteiger partial charge in [0.1, 0.15) is 6.07 Å². The summed E-state index contributed by atoms with van der Waals surface area (Å²) in [6, 6.07) is 12.6. The van der Waals surface area contributed by atoms with Crippen LogP contribution in [0.4, 0.5) is 11.4 Å². The highest BCUT2D eigenvalue weighted by Gasteiger charge is 2.22. The summed E-state index contributed by atoms with van der Waals surface area (Å²) >= 11 is 5.94. The van der Waals surface area contributed by atoms with Gasteiger partial charge in [0.2, 0.25) is 15.9 Å². The number of hydrogen-bond acceptors (Lipinski definition) is 5. The van der Waals surface area contributed by atoms with Crippen LogP contribution < -0.4 is 10.6 Å². The maximum absolute atomic E-state index is 12.4. The van der Waals surface area contributed by atoms with E-state index in [1.807, 2.05) is 6.07 Å². The molecule has 0 aromatic heterocycles. The Balaban J connectivity index is 1.97. The average Bonchev–Trinajstić information content (AvgIpc) is 2.66. The highest BCUT2D eigenvalue weighted by Crippen LogP contribution is 2.21. The van der Waals surface area contributed by atoms with Gasteiger partial charge >= 0.3 is 0 Å². The molecule has 0 aliphatic rings. The molecule has 148 valence electrons. The zero-order chi connectivity index (χ0) is 20.9. The molecule has 1 amide bonds. The minimum Gasteiger partial charge on any atom is -0.376 e. The van der Waals surface area contributed by atoms with Crippen LogP contribution in [-0.2, 0) is 14.8 Å². The predicted molar refractivity (Wildman–Crippen MR) is 110 cm³/mol. The summed E-state index contributed by atoms with van der Waals surface area (Å²) in [5.41, 5.74) is 1.42. The highest BCUT2D eigenvalue weighted by atomic mass is 35.5. The molecule has 0 bridgehead atoms. The summed E-state index contributed by atoms with van der Waals surface area (Å²) < 4.78 is 26.2. The number of rotatable bonds is 7. The zero-order valence-corrected chi connectivity index (χ0v) is 17.3. The molecule has 28 heavy (non-hydrogen) atoms. The maximum Gasteiger partial charge on any atom is 0.243 e. The first kappa shape index (κ1) is 21.7. The fourth-order valence-electron chi connectivity index (χ4n) is 2.26. The van der Waals surface area contributed by atoms with Crippen molar-refractivity contribution < 1.29 is 13.2 Å². The molecule has 0 aliphatic carbocycles. The van der Waals surface area contributed by atoms with Crippen molar-refractivity contribution in [3.05, 3.63) is 53.1 Å². The second-order valence-corrected chi connectivity index (χ2v) is 8.75. The maximum atomic E-state index is 12.4. The summed E-state index contributed by atoms with van der Waals surface area (Å²) in [6.07, 6.45) is 0. The fourth-order valence-corrected chi connectivity index (χ4v) is 3.85. The van der Waals surface area contributed by atoms with Crippen molar-refractivity contribution in [1.82, 2.24) is 4.31 Å². The number of amides is 1. The van der Waals surface area contributed by atoms with Gasteiger partial charge in [-0.3, -0.25) is 4.79 Å². The van der Waals surface area contributed by atoms with Gasteiger partial charge in [-0.15, -0.1) is 0 Å². The van der Waals surface area contributed by atoms with Crippen LogP contribution in [0.5, 0.6) is 0 Å². The van der Waals surface area contributed by atoms with E-state index in [0.717, 1.165) is 0 Å². The zero-order valence-electron chi connectivity index (χ0n) is 15.7. The number of anilines is 2. The van der Waals surface area contributed by atoms with Gasteiger partial charge in [0, 0.05) is 24.5 Å². The second kappa shape index (κ2) is 9.06. The molecule has 0 radical (unpaired) electrons. The third kappa shape index (κ3) is 5.23. The molecule has 7 nitrogen and oxygen atoms in total. The van der Waals surface area contributed by atoms with E-state index < -0.39 is 10.0 Å². The SMILES string of the molecule is CC(C)N(C)S(=O)(=O)c1ccc(NCC(=O)Nc2ccc(C#N)c(Cl)c2)cc1. The number of carbonyl (C=O) groups is 1. The average molecular weight is 421 g/mol. The molecular formula is C19H21ClN4O3S. The number of carbonyl (C=O) groups excluding carboxylic acids is 1. The standard InChI is InChI=1S/C19H21ClN4O3S/c1-13(2)24(3)28(26,27)17-8-6-15(7-9-17)22-12-19(25)23-16-5-4-14(11-21)18(20)10-16/h4-10,13,22H,12H2,1-3H3,(H,23,25). The molecule has 2 N–H and O–H groups in total. The van der Waals surface area contributed by atoms with Crippen molar-refractivity contribution >= 4 is 38.9 Å². The summed E-state index contributed by atoms with van der Waals surface area (Å²) in [5.74, 6) is -0.308. The number of benzene rings is 2. The van der Waals surface area contributed by atoms with Crippen molar-refractivity contribution in [1.29, 1.82) is 5.26 Å². The van der Waals surface area contributed by atoms with Gasteiger partial charge in [0.15, 0.2) is 0 Å². The summed E-state index contributed by atoms with van der Waals surface area (Å²) in [4.78, 5) is 12.2. The molecular weight excluding hydrogens is 400 g/mol. The summed E-state index contributed by atoms with van der Waals surface area (Å²) in [6.45, 7) is 3.58. The van der Waals surface area contributed by atoms with E-state index in [0.29, 0.717) is 16.9 Å². The minimum atomic E-state index is -3.55. The number of nitrogens with one attached hydrogen (secondary N) is 2. The number of halogens is 1. The quantitative estimate of drug-likeness (QED) is 0.715. The smallest absolute Gasteiger partial charge is 0.243 e. The van der Waals surface area contributed by atoms with E-state index in [4.69, 9.17) is 16.9 Å². The van der Waals surface area contributed by atoms with Crippen LogP contribution in [-0.4, -0.2) is 38.3 Å². The highest BCUT2D eigenvalue weighted by molar-refractivity contribution is 7.89. The predicted octanol–water partition coefficient (Wildman–Crippen LogP) is 3.29. The van der Waals surface area contributed by atoms with Gasteiger partial charge in [-0.2, -0.15) is 9.57 Å². The first-order valence-corrected chi connectivity index (χ1v) is 10.3. The molecule has 2 rings (SSSR count). The van der Waals surface area contributed by atoms with Crippen LogP contribution in [0.25, 0.3) is 0 Å². The Morgan fingerprint density at radius 1 is 1.18 bits per heavy atom.